The molecule has 1 aliphatic heterocycles. The number of unbranched alkanes of at least 4 members (excludes halogenated alkanes) is 1. The van der Waals surface area contributed by atoms with Crippen molar-refractivity contribution in [1.82, 2.24) is 10.2 Å². The van der Waals surface area contributed by atoms with E-state index in [4.69, 9.17) is 23.2 Å². The second kappa shape index (κ2) is 13.3. The van der Waals surface area contributed by atoms with Gasteiger partial charge in [-0.2, -0.15) is 0 Å². The van der Waals surface area contributed by atoms with Crippen molar-refractivity contribution in [3.63, 3.8) is 0 Å². The van der Waals surface area contributed by atoms with Crippen LogP contribution in [0.1, 0.15) is 45.1 Å². The molecular formula is C31H36Cl2N4O2. The average molecular weight is 568 g/mol. The van der Waals surface area contributed by atoms with Crippen LogP contribution in [0.15, 0.2) is 66.7 Å². The summed E-state index contributed by atoms with van der Waals surface area (Å²) in [6.07, 6.45) is 4.29. The number of benzene rings is 3. The van der Waals surface area contributed by atoms with Gasteiger partial charge < -0.3 is 20.9 Å². The van der Waals surface area contributed by atoms with Crippen LogP contribution in [0.5, 0.6) is 0 Å². The molecule has 0 aliphatic carbocycles. The molecule has 206 valence electrons. The first-order chi connectivity index (χ1) is 18.8. The lowest BCUT2D eigenvalue weighted by molar-refractivity contribution is -0.114. The molecule has 0 aromatic heterocycles. The molecule has 1 saturated heterocycles. The zero-order valence-electron chi connectivity index (χ0n) is 22.5. The summed E-state index contributed by atoms with van der Waals surface area (Å²) in [5, 5.41) is 9.76. The fourth-order valence-electron chi connectivity index (χ4n) is 5.20. The van der Waals surface area contributed by atoms with Crippen LogP contribution in [-0.4, -0.2) is 43.0 Å². The van der Waals surface area contributed by atoms with E-state index in [9.17, 15) is 9.59 Å². The molecule has 1 aliphatic rings. The summed E-state index contributed by atoms with van der Waals surface area (Å²) in [7, 11) is 0. The van der Waals surface area contributed by atoms with E-state index in [-0.39, 0.29) is 17.4 Å². The van der Waals surface area contributed by atoms with Crippen LogP contribution in [0.25, 0.3) is 11.1 Å². The SMILES string of the molecule is CCCCN1CCC(CNC(=O)Nc2cc(Cl)cc(Cl)c2)(c2ccc(-c3cccc(NC(C)=O)c3)cc2)CC1. The molecule has 0 atom stereocenters. The fraction of sp³-hybridized carbons (Fsp3) is 0.355. The molecule has 3 N–H and O–H groups in total. The smallest absolute Gasteiger partial charge is 0.319 e. The maximum Gasteiger partial charge on any atom is 0.319 e. The number of anilines is 2. The van der Waals surface area contributed by atoms with Crippen molar-refractivity contribution in [1.29, 1.82) is 0 Å². The molecule has 0 bridgehead atoms. The number of halogens is 2. The maximum atomic E-state index is 12.9. The quantitative estimate of drug-likeness (QED) is 0.250. The van der Waals surface area contributed by atoms with E-state index in [1.807, 2.05) is 24.3 Å². The van der Waals surface area contributed by atoms with Crippen LogP contribution in [-0.2, 0) is 10.2 Å². The summed E-state index contributed by atoms with van der Waals surface area (Å²) in [4.78, 5) is 26.9. The number of piperidine rings is 1. The normalized spacial score (nSPS) is 15.0. The van der Waals surface area contributed by atoms with E-state index in [1.165, 1.54) is 25.3 Å². The first kappa shape index (κ1) is 28.9. The molecule has 3 amide bonds. The highest BCUT2D eigenvalue weighted by Gasteiger charge is 2.36. The third-order valence-electron chi connectivity index (χ3n) is 7.36. The number of amides is 3. The van der Waals surface area contributed by atoms with E-state index < -0.39 is 0 Å². The van der Waals surface area contributed by atoms with Gasteiger partial charge in [-0.25, -0.2) is 4.79 Å². The molecule has 3 aromatic carbocycles. The summed E-state index contributed by atoms with van der Waals surface area (Å²) in [6, 6.07) is 21.2. The van der Waals surface area contributed by atoms with Crippen molar-refractivity contribution in [3.8, 4) is 11.1 Å². The molecule has 0 saturated carbocycles. The second-order valence-corrected chi connectivity index (χ2v) is 11.2. The van der Waals surface area contributed by atoms with Gasteiger partial charge in [0.2, 0.25) is 5.91 Å². The number of hydrogen-bond acceptors (Lipinski definition) is 3. The summed E-state index contributed by atoms with van der Waals surface area (Å²) in [5.41, 5.74) is 4.47. The lowest BCUT2D eigenvalue weighted by Gasteiger charge is -2.42. The molecule has 39 heavy (non-hydrogen) atoms. The first-order valence-corrected chi connectivity index (χ1v) is 14.2. The monoisotopic (exact) mass is 566 g/mol. The molecule has 8 heteroatoms. The van der Waals surface area contributed by atoms with Crippen molar-refractivity contribution in [2.45, 2.75) is 44.9 Å². The highest BCUT2D eigenvalue weighted by atomic mass is 35.5. The molecule has 1 fully saturated rings. The molecule has 4 rings (SSSR count). The van der Waals surface area contributed by atoms with Gasteiger partial charge in [-0.05, 0) is 85.9 Å². The van der Waals surface area contributed by atoms with Gasteiger partial charge >= 0.3 is 6.03 Å². The number of likely N-dealkylation sites (tertiary alicyclic amines) is 1. The number of hydrogen-bond donors (Lipinski definition) is 3. The highest BCUT2D eigenvalue weighted by molar-refractivity contribution is 6.35. The van der Waals surface area contributed by atoms with Gasteiger partial charge in [0.05, 0.1) is 0 Å². The second-order valence-electron chi connectivity index (χ2n) is 10.3. The molecule has 0 radical (unpaired) electrons. The Morgan fingerprint density at radius 1 is 0.872 bits per heavy atom. The Hall–Kier alpha value is -3.06. The Kier molecular flexibility index (Phi) is 9.89. The lowest BCUT2D eigenvalue weighted by atomic mass is 9.72. The summed E-state index contributed by atoms with van der Waals surface area (Å²) in [6.45, 7) is 7.34. The number of rotatable bonds is 9. The van der Waals surface area contributed by atoms with E-state index in [0.717, 1.165) is 49.3 Å². The minimum atomic E-state index is -0.285. The Morgan fingerprint density at radius 3 is 2.21 bits per heavy atom. The standard InChI is InChI=1S/C31H36Cl2N4O2/c1-3-4-14-37-15-12-31(13-16-37,21-34-30(39)36-29-19-26(32)18-27(33)20-29)25-10-8-23(9-11-25)24-6-5-7-28(17-24)35-22(2)38/h5-11,17-20H,3-4,12-16,21H2,1-2H3,(H,35,38)(H2,34,36,39). The summed E-state index contributed by atoms with van der Waals surface area (Å²) in [5.74, 6) is -0.0929. The van der Waals surface area contributed by atoms with Crippen molar-refractivity contribution in [2.75, 3.05) is 36.8 Å². The van der Waals surface area contributed by atoms with Gasteiger partial charge in [0.1, 0.15) is 0 Å². The third-order valence-corrected chi connectivity index (χ3v) is 7.80. The number of urea groups is 1. The minimum absolute atomic E-state index is 0.0929. The Bertz CT molecular complexity index is 1270. The Morgan fingerprint density at radius 2 is 1.56 bits per heavy atom. The minimum Gasteiger partial charge on any atom is -0.337 e. The van der Waals surface area contributed by atoms with Crippen LogP contribution in [0.3, 0.4) is 0 Å². The van der Waals surface area contributed by atoms with Crippen LogP contribution >= 0.6 is 23.2 Å². The lowest BCUT2D eigenvalue weighted by Crippen LogP contribution is -2.49. The molecular weight excluding hydrogens is 531 g/mol. The van der Waals surface area contributed by atoms with Gasteiger partial charge in [-0.15, -0.1) is 0 Å². The zero-order valence-corrected chi connectivity index (χ0v) is 24.0. The largest absolute Gasteiger partial charge is 0.337 e. The Labute approximate surface area is 241 Å². The van der Waals surface area contributed by atoms with E-state index in [2.05, 4.69) is 52.0 Å². The zero-order chi connectivity index (χ0) is 27.8. The van der Waals surface area contributed by atoms with Crippen LogP contribution < -0.4 is 16.0 Å². The van der Waals surface area contributed by atoms with E-state index >= 15 is 0 Å². The van der Waals surface area contributed by atoms with Gasteiger partial charge in [0, 0.05) is 40.3 Å². The number of nitrogens with zero attached hydrogens (tertiary/aromatic N) is 1. The topological polar surface area (TPSA) is 73.5 Å². The molecule has 0 unspecified atom stereocenters. The van der Waals surface area contributed by atoms with Crippen molar-refractivity contribution >= 4 is 46.5 Å². The van der Waals surface area contributed by atoms with E-state index in [0.29, 0.717) is 22.3 Å². The van der Waals surface area contributed by atoms with Gasteiger partial charge in [0.15, 0.2) is 0 Å². The number of nitrogens with one attached hydrogen (secondary N) is 3. The highest BCUT2D eigenvalue weighted by Crippen LogP contribution is 2.36. The summed E-state index contributed by atoms with van der Waals surface area (Å²) >= 11 is 12.2. The molecule has 6 nitrogen and oxygen atoms in total. The van der Waals surface area contributed by atoms with Gasteiger partial charge in [-0.1, -0.05) is 72.9 Å². The average Bonchev–Trinajstić information content (AvgIpc) is 2.91. The molecule has 1 heterocycles. The Balaban J connectivity index is 1.51. The van der Waals surface area contributed by atoms with Crippen LogP contribution in [0, 0.1) is 0 Å². The predicted molar refractivity (Wildman–Crippen MR) is 162 cm³/mol. The van der Waals surface area contributed by atoms with Gasteiger partial charge in [0.25, 0.3) is 0 Å². The fourth-order valence-corrected chi connectivity index (χ4v) is 5.73. The van der Waals surface area contributed by atoms with E-state index in [1.54, 1.807) is 18.2 Å². The van der Waals surface area contributed by atoms with Crippen LogP contribution in [0.2, 0.25) is 10.0 Å². The van der Waals surface area contributed by atoms with Crippen LogP contribution in [0.4, 0.5) is 16.2 Å². The molecule has 0 spiro atoms. The first-order valence-electron chi connectivity index (χ1n) is 13.5. The van der Waals surface area contributed by atoms with Crippen molar-refractivity contribution < 1.29 is 9.59 Å². The predicted octanol–water partition coefficient (Wildman–Crippen LogP) is 7.57. The maximum absolute atomic E-state index is 12.9. The molecule has 3 aromatic rings. The third kappa shape index (κ3) is 7.98. The number of carbonyl (C=O) groups excluding carboxylic acids is 2. The number of carbonyl (C=O) groups is 2. The van der Waals surface area contributed by atoms with Crippen molar-refractivity contribution in [2.24, 2.45) is 0 Å². The van der Waals surface area contributed by atoms with Gasteiger partial charge in [-0.3, -0.25) is 4.79 Å². The van der Waals surface area contributed by atoms with Crippen molar-refractivity contribution in [3.05, 3.63) is 82.3 Å². The summed E-state index contributed by atoms with van der Waals surface area (Å²) < 4.78 is 0.